The fraction of sp³-hybridized carbons (Fsp3) is 0.188. The second-order valence-corrected chi connectivity index (χ2v) is 4.68. The van der Waals surface area contributed by atoms with Gasteiger partial charge in [-0.25, -0.2) is 4.79 Å². The molecule has 1 aliphatic carbocycles. The van der Waals surface area contributed by atoms with Crippen molar-refractivity contribution in [2.75, 3.05) is 0 Å². The predicted molar refractivity (Wildman–Crippen MR) is 72.0 cm³/mol. The Morgan fingerprint density at radius 2 is 1.74 bits per heavy atom. The van der Waals surface area contributed by atoms with Gasteiger partial charge in [0.05, 0.1) is 5.54 Å². The summed E-state index contributed by atoms with van der Waals surface area (Å²) in [5, 5.41) is 0. The Morgan fingerprint density at radius 3 is 2.42 bits per heavy atom. The number of nitrogens with zero attached hydrogens (tertiary/aromatic N) is 1. The molecule has 0 N–H and O–H groups in total. The van der Waals surface area contributed by atoms with Crippen LogP contribution in [0.5, 0.6) is 11.5 Å². The molecule has 0 heterocycles. The van der Waals surface area contributed by atoms with Crippen LogP contribution in [0.25, 0.3) is 0 Å². The lowest BCUT2D eigenvalue weighted by Gasteiger charge is -2.11. The van der Waals surface area contributed by atoms with Crippen LogP contribution in [0, 0.1) is 0 Å². The van der Waals surface area contributed by atoms with Gasteiger partial charge in [0.15, 0.2) is 0 Å². The van der Waals surface area contributed by atoms with Crippen LogP contribution in [-0.2, 0) is 10.3 Å². The SMILES string of the molecule is O=C=NC1(c2cccc(Oc3ccccc3)c2)CC1. The molecular weight excluding hydrogens is 238 g/mol. The summed E-state index contributed by atoms with van der Waals surface area (Å²) in [7, 11) is 0. The van der Waals surface area contributed by atoms with E-state index in [-0.39, 0.29) is 5.54 Å². The van der Waals surface area contributed by atoms with Crippen molar-refractivity contribution in [1.29, 1.82) is 0 Å². The van der Waals surface area contributed by atoms with Crippen LogP contribution in [0.1, 0.15) is 18.4 Å². The van der Waals surface area contributed by atoms with Crippen LogP contribution in [0.2, 0.25) is 0 Å². The Balaban J connectivity index is 1.87. The van der Waals surface area contributed by atoms with Crippen LogP contribution in [0.4, 0.5) is 0 Å². The summed E-state index contributed by atoms with van der Waals surface area (Å²) in [6.45, 7) is 0. The first-order valence-electron chi connectivity index (χ1n) is 6.25. The van der Waals surface area contributed by atoms with Crippen molar-refractivity contribution in [1.82, 2.24) is 0 Å². The molecule has 1 fully saturated rings. The summed E-state index contributed by atoms with van der Waals surface area (Å²) in [6.07, 6.45) is 3.47. The number of hydrogen-bond donors (Lipinski definition) is 0. The lowest BCUT2D eigenvalue weighted by molar-refractivity contribution is 0.481. The Hall–Kier alpha value is -2.38. The number of rotatable bonds is 4. The molecule has 1 aliphatic rings. The first kappa shape index (κ1) is 11.7. The van der Waals surface area contributed by atoms with E-state index >= 15 is 0 Å². The molecule has 3 rings (SSSR count). The van der Waals surface area contributed by atoms with Crippen LogP contribution < -0.4 is 4.74 Å². The Labute approximate surface area is 111 Å². The zero-order chi connectivity index (χ0) is 13.1. The van der Waals surface area contributed by atoms with Crippen molar-refractivity contribution < 1.29 is 9.53 Å². The van der Waals surface area contributed by atoms with Crippen molar-refractivity contribution in [3.63, 3.8) is 0 Å². The van der Waals surface area contributed by atoms with E-state index in [1.807, 2.05) is 54.6 Å². The highest BCUT2D eigenvalue weighted by Crippen LogP contribution is 2.49. The van der Waals surface area contributed by atoms with Gasteiger partial charge in [0.2, 0.25) is 6.08 Å². The molecule has 19 heavy (non-hydrogen) atoms. The molecule has 2 aromatic rings. The third-order valence-corrected chi connectivity index (χ3v) is 3.33. The second kappa shape index (κ2) is 4.71. The van der Waals surface area contributed by atoms with Gasteiger partial charge >= 0.3 is 0 Å². The minimum atomic E-state index is -0.349. The zero-order valence-electron chi connectivity index (χ0n) is 10.4. The molecule has 2 aromatic carbocycles. The quantitative estimate of drug-likeness (QED) is 0.612. The van der Waals surface area contributed by atoms with Crippen LogP contribution >= 0.6 is 0 Å². The van der Waals surface area contributed by atoms with Gasteiger partial charge in [-0.05, 0) is 42.7 Å². The van der Waals surface area contributed by atoms with Gasteiger partial charge in [0.1, 0.15) is 11.5 Å². The lowest BCUT2D eigenvalue weighted by atomic mass is 10.1. The van der Waals surface area contributed by atoms with Crippen molar-refractivity contribution >= 4 is 6.08 Å². The smallest absolute Gasteiger partial charge is 0.235 e. The molecule has 0 bridgehead atoms. The van der Waals surface area contributed by atoms with E-state index in [0.29, 0.717) is 0 Å². The Bertz CT molecular complexity index is 626. The first-order valence-corrected chi connectivity index (χ1v) is 6.25. The molecular formula is C16H13NO2. The largest absolute Gasteiger partial charge is 0.457 e. The lowest BCUT2D eigenvalue weighted by Crippen LogP contribution is -2.02. The van der Waals surface area contributed by atoms with Crippen LogP contribution in [-0.4, -0.2) is 6.08 Å². The average molecular weight is 251 g/mol. The molecule has 1 saturated carbocycles. The molecule has 3 nitrogen and oxygen atoms in total. The highest BCUT2D eigenvalue weighted by molar-refractivity contribution is 5.44. The average Bonchev–Trinajstić information content (AvgIpc) is 3.22. The van der Waals surface area contributed by atoms with Gasteiger partial charge in [-0.2, -0.15) is 4.99 Å². The minimum Gasteiger partial charge on any atom is -0.457 e. The maximum absolute atomic E-state index is 10.5. The number of carbonyl (C=O) groups excluding carboxylic acids is 1. The third-order valence-electron chi connectivity index (χ3n) is 3.33. The van der Waals surface area contributed by atoms with Gasteiger partial charge in [0.25, 0.3) is 0 Å². The van der Waals surface area contributed by atoms with Crippen molar-refractivity contribution in [2.24, 2.45) is 4.99 Å². The maximum atomic E-state index is 10.5. The van der Waals surface area contributed by atoms with Crippen molar-refractivity contribution in [2.45, 2.75) is 18.4 Å². The monoisotopic (exact) mass is 251 g/mol. The predicted octanol–water partition coefficient (Wildman–Crippen LogP) is 3.80. The number of hydrogen-bond acceptors (Lipinski definition) is 3. The number of benzene rings is 2. The summed E-state index contributed by atoms with van der Waals surface area (Å²) in [5.74, 6) is 1.56. The fourth-order valence-corrected chi connectivity index (χ4v) is 2.14. The molecule has 3 heteroatoms. The topological polar surface area (TPSA) is 38.7 Å². The summed E-state index contributed by atoms with van der Waals surface area (Å²) < 4.78 is 5.78. The summed E-state index contributed by atoms with van der Waals surface area (Å²) in [5.41, 5.74) is 0.668. The van der Waals surface area contributed by atoms with E-state index in [2.05, 4.69) is 4.99 Å². The van der Waals surface area contributed by atoms with Gasteiger partial charge in [-0.15, -0.1) is 0 Å². The Kier molecular flexibility index (Phi) is 2.90. The van der Waals surface area contributed by atoms with Gasteiger partial charge in [0, 0.05) is 0 Å². The standard InChI is InChI=1S/C16H13NO2/c18-12-17-16(9-10-16)13-5-4-8-15(11-13)19-14-6-2-1-3-7-14/h1-8,11H,9-10H2. The van der Waals surface area contributed by atoms with Gasteiger partial charge < -0.3 is 4.74 Å². The van der Waals surface area contributed by atoms with E-state index in [1.165, 1.54) is 0 Å². The molecule has 0 aliphatic heterocycles. The molecule has 0 aromatic heterocycles. The van der Waals surface area contributed by atoms with E-state index in [9.17, 15) is 4.79 Å². The van der Waals surface area contributed by atoms with E-state index in [4.69, 9.17) is 4.74 Å². The normalized spacial score (nSPS) is 15.4. The molecule has 0 saturated heterocycles. The summed E-state index contributed by atoms with van der Waals surface area (Å²) in [4.78, 5) is 14.4. The van der Waals surface area contributed by atoms with Crippen molar-refractivity contribution in [3.8, 4) is 11.5 Å². The number of ether oxygens (including phenoxy) is 1. The maximum Gasteiger partial charge on any atom is 0.235 e. The molecule has 0 spiro atoms. The summed E-state index contributed by atoms with van der Waals surface area (Å²) >= 11 is 0. The van der Waals surface area contributed by atoms with E-state index in [1.54, 1.807) is 6.08 Å². The van der Waals surface area contributed by atoms with E-state index < -0.39 is 0 Å². The number of para-hydroxylation sites is 1. The zero-order valence-corrected chi connectivity index (χ0v) is 10.4. The minimum absolute atomic E-state index is 0.349. The number of aliphatic imine (C=N–C) groups is 1. The molecule has 94 valence electrons. The van der Waals surface area contributed by atoms with E-state index in [0.717, 1.165) is 29.9 Å². The fourth-order valence-electron chi connectivity index (χ4n) is 2.14. The number of isocyanates is 1. The van der Waals surface area contributed by atoms with Gasteiger partial charge in [-0.1, -0.05) is 30.3 Å². The summed E-state index contributed by atoms with van der Waals surface area (Å²) in [6, 6.07) is 17.4. The molecule has 0 atom stereocenters. The van der Waals surface area contributed by atoms with Crippen molar-refractivity contribution in [3.05, 3.63) is 60.2 Å². The van der Waals surface area contributed by atoms with Crippen LogP contribution in [0.3, 0.4) is 0 Å². The van der Waals surface area contributed by atoms with Gasteiger partial charge in [-0.3, -0.25) is 0 Å². The first-order chi connectivity index (χ1) is 9.32. The van der Waals surface area contributed by atoms with Crippen LogP contribution in [0.15, 0.2) is 59.6 Å². The highest BCUT2D eigenvalue weighted by Gasteiger charge is 2.44. The highest BCUT2D eigenvalue weighted by atomic mass is 16.5. The molecule has 0 radical (unpaired) electrons. The molecule has 0 amide bonds. The second-order valence-electron chi connectivity index (χ2n) is 4.68. The molecule has 0 unspecified atom stereocenters. The third kappa shape index (κ3) is 2.42. The Morgan fingerprint density at radius 1 is 1.00 bits per heavy atom.